The van der Waals surface area contributed by atoms with Crippen molar-refractivity contribution in [2.75, 3.05) is 19.1 Å². The fourth-order valence-corrected chi connectivity index (χ4v) is 3.88. The molecule has 2 aromatic carbocycles. The lowest BCUT2D eigenvalue weighted by Gasteiger charge is -2.47. The van der Waals surface area contributed by atoms with Crippen LogP contribution in [0, 0.1) is 17.8 Å². The van der Waals surface area contributed by atoms with Gasteiger partial charge in [-0.15, -0.1) is 0 Å². The van der Waals surface area contributed by atoms with Gasteiger partial charge in [0.1, 0.15) is 5.75 Å². The van der Waals surface area contributed by atoms with E-state index in [2.05, 4.69) is 18.4 Å². The molecular weight excluding hydrogens is 417 g/mol. The second kappa shape index (κ2) is 7.94. The first-order valence-corrected chi connectivity index (χ1v) is 10.3. The van der Waals surface area contributed by atoms with Gasteiger partial charge in [0.25, 0.3) is 0 Å². The van der Waals surface area contributed by atoms with Gasteiger partial charge in [0.2, 0.25) is 5.54 Å². The number of anilines is 1. The van der Waals surface area contributed by atoms with Gasteiger partial charge >= 0.3 is 12.2 Å². The lowest BCUT2D eigenvalue weighted by atomic mass is 9.83. The first-order valence-electron chi connectivity index (χ1n) is 10.3. The molecule has 2 aliphatic rings. The molecule has 0 spiro atoms. The third-order valence-corrected chi connectivity index (χ3v) is 5.90. The van der Waals surface area contributed by atoms with Gasteiger partial charge in [-0.05, 0) is 42.2 Å². The smallest absolute Gasteiger partial charge is 0.427 e. The maximum atomic E-state index is 14.6. The summed E-state index contributed by atoms with van der Waals surface area (Å²) < 4.78 is 49.1. The molecule has 32 heavy (non-hydrogen) atoms. The number of urea groups is 1. The van der Waals surface area contributed by atoms with Crippen LogP contribution < -0.4 is 9.64 Å². The molecule has 0 radical (unpaired) electrons. The number of methoxy groups -OCH3 is 1. The summed E-state index contributed by atoms with van der Waals surface area (Å²) in [6, 6.07) is 10.8. The number of fused-ring (bicyclic) bond motifs is 1. The summed E-state index contributed by atoms with van der Waals surface area (Å²) in [7, 11) is 2.72. The maximum Gasteiger partial charge on any atom is 0.427 e. The largest absolute Gasteiger partial charge is 0.497 e. The van der Waals surface area contributed by atoms with E-state index in [0.717, 1.165) is 23.3 Å². The van der Waals surface area contributed by atoms with Gasteiger partial charge in [-0.25, -0.2) is 4.79 Å². The van der Waals surface area contributed by atoms with E-state index in [9.17, 15) is 18.0 Å². The van der Waals surface area contributed by atoms with Crippen LogP contribution in [0.15, 0.2) is 49.0 Å². The number of benzene rings is 2. The number of hydrogen-bond acceptors (Lipinski definition) is 2. The third kappa shape index (κ3) is 3.60. The number of amides is 2. The Morgan fingerprint density at radius 2 is 1.91 bits per heavy atom. The van der Waals surface area contributed by atoms with Crippen LogP contribution in [0.3, 0.4) is 0 Å². The number of nitrogens with zero attached hydrogens (tertiary/aromatic N) is 2. The Kier molecular flexibility index (Phi) is 5.41. The lowest BCUT2D eigenvalue weighted by molar-refractivity contribution is -0.204. The SMILES string of the molecule is C=Cc1ccc2c(c1)N(Cc1ccc(OC)cc1)C(=O)N(C)C2(C#CC1CC1)C(F)(F)F. The summed E-state index contributed by atoms with van der Waals surface area (Å²) >= 11 is 0. The van der Waals surface area contributed by atoms with Crippen LogP contribution in [0.2, 0.25) is 0 Å². The maximum absolute atomic E-state index is 14.6. The number of rotatable bonds is 4. The molecule has 0 bridgehead atoms. The van der Waals surface area contributed by atoms with Crippen LogP contribution in [-0.4, -0.2) is 31.3 Å². The van der Waals surface area contributed by atoms with Crippen LogP contribution in [0.1, 0.15) is 29.5 Å². The molecule has 2 amide bonds. The minimum Gasteiger partial charge on any atom is -0.497 e. The van der Waals surface area contributed by atoms with E-state index in [0.29, 0.717) is 11.3 Å². The van der Waals surface area contributed by atoms with Crippen molar-refractivity contribution in [3.63, 3.8) is 0 Å². The number of alkyl halides is 3. The van der Waals surface area contributed by atoms with Crippen LogP contribution in [0.4, 0.5) is 23.7 Å². The monoisotopic (exact) mass is 440 g/mol. The van der Waals surface area contributed by atoms with Gasteiger partial charge in [0.05, 0.1) is 19.3 Å². The minimum absolute atomic E-state index is 0.0500. The molecule has 1 heterocycles. The Balaban J connectivity index is 1.88. The average molecular weight is 440 g/mol. The fourth-order valence-electron chi connectivity index (χ4n) is 3.88. The van der Waals surface area contributed by atoms with E-state index in [-0.39, 0.29) is 23.7 Å². The molecule has 0 N–H and O–H groups in total. The number of halogens is 3. The molecule has 1 unspecified atom stereocenters. The van der Waals surface area contributed by atoms with Crippen LogP contribution in [-0.2, 0) is 12.1 Å². The summed E-state index contributed by atoms with van der Waals surface area (Å²) in [5, 5.41) is 0. The lowest BCUT2D eigenvalue weighted by Crippen LogP contribution is -2.62. The summed E-state index contributed by atoms with van der Waals surface area (Å²) in [6.45, 7) is 3.82. The highest BCUT2D eigenvalue weighted by Crippen LogP contribution is 2.50. The second-order valence-electron chi connectivity index (χ2n) is 8.01. The van der Waals surface area contributed by atoms with Gasteiger partial charge in [-0.1, -0.05) is 48.8 Å². The molecule has 0 aromatic heterocycles. The van der Waals surface area contributed by atoms with E-state index in [1.165, 1.54) is 18.0 Å². The summed E-state index contributed by atoms with van der Waals surface area (Å²) in [5.74, 6) is 5.83. The van der Waals surface area contributed by atoms with Crippen molar-refractivity contribution in [2.45, 2.75) is 31.1 Å². The quantitative estimate of drug-likeness (QED) is 0.582. The molecule has 1 aliphatic carbocycles. The average Bonchev–Trinajstić information content (AvgIpc) is 3.60. The minimum atomic E-state index is -4.78. The van der Waals surface area contributed by atoms with E-state index >= 15 is 0 Å². The summed E-state index contributed by atoms with van der Waals surface area (Å²) in [4.78, 5) is 15.4. The predicted molar refractivity (Wildman–Crippen MR) is 117 cm³/mol. The number of hydrogen-bond donors (Lipinski definition) is 0. The van der Waals surface area contributed by atoms with Crippen molar-refractivity contribution in [2.24, 2.45) is 5.92 Å². The number of carbonyl (C=O) groups is 1. The second-order valence-corrected chi connectivity index (χ2v) is 8.01. The molecule has 1 fully saturated rings. The van der Waals surface area contributed by atoms with Gasteiger partial charge in [0.15, 0.2) is 0 Å². The fraction of sp³-hybridized carbons (Fsp3) is 0.320. The Morgan fingerprint density at radius 3 is 2.47 bits per heavy atom. The molecule has 166 valence electrons. The molecule has 1 atom stereocenters. The number of carbonyl (C=O) groups excluding carboxylic acids is 1. The zero-order valence-electron chi connectivity index (χ0n) is 17.9. The molecular formula is C25H23F3N2O2. The zero-order valence-corrected chi connectivity index (χ0v) is 17.9. The highest BCUT2D eigenvalue weighted by molar-refractivity contribution is 5.97. The van der Waals surface area contributed by atoms with E-state index in [1.54, 1.807) is 49.6 Å². The molecule has 7 heteroatoms. The van der Waals surface area contributed by atoms with Crippen LogP contribution in [0.5, 0.6) is 5.75 Å². The summed E-state index contributed by atoms with van der Waals surface area (Å²) in [5.41, 5.74) is -1.21. The van der Waals surface area contributed by atoms with Gasteiger partial charge < -0.3 is 4.74 Å². The van der Waals surface area contributed by atoms with Crippen molar-refractivity contribution < 1.29 is 22.7 Å². The molecule has 1 saturated carbocycles. The molecule has 4 rings (SSSR count). The van der Waals surface area contributed by atoms with E-state index in [4.69, 9.17) is 4.74 Å². The van der Waals surface area contributed by atoms with E-state index < -0.39 is 17.7 Å². The number of ether oxygens (including phenoxy) is 1. The molecule has 4 nitrogen and oxygen atoms in total. The molecule has 0 saturated heterocycles. The zero-order chi connectivity index (χ0) is 23.1. The van der Waals surface area contributed by atoms with Gasteiger partial charge in [-0.3, -0.25) is 9.80 Å². The topological polar surface area (TPSA) is 32.8 Å². The van der Waals surface area contributed by atoms with E-state index in [1.807, 2.05) is 0 Å². The highest BCUT2D eigenvalue weighted by Gasteiger charge is 2.63. The molecule has 2 aromatic rings. The summed E-state index contributed by atoms with van der Waals surface area (Å²) in [6.07, 6.45) is -1.68. The van der Waals surface area contributed by atoms with Crippen molar-refractivity contribution >= 4 is 17.8 Å². The van der Waals surface area contributed by atoms with Gasteiger partial charge in [0, 0.05) is 18.5 Å². The van der Waals surface area contributed by atoms with Gasteiger partial charge in [-0.2, -0.15) is 13.2 Å². The Hall–Kier alpha value is -3.40. The Bertz CT molecular complexity index is 1110. The predicted octanol–water partition coefficient (Wildman–Crippen LogP) is 5.58. The highest BCUT2D eigenvalue weighted by atomic mass is 19.4. The normalized spacial score (nSPS) is 20.3. The Labute approximate surface area is 185 Å². The molecule has 1 aliphatic heterocycles. The first kappa shape index (κ1) is 21.8. The van der Waals surface area contributed by atoms with Crippen LogP contribution >= 0.6 is 0 Å². The first-order chi connectivity index (χ1) is 15.2. The van der Waals surface area contributed by atoms with Crippen molar-refractivity contribution in [3.8, 4) is 17.6 Å². The Morgan fingerprint density at radius 1 is 1.22 bits per heavy atom. The van der Waals surface area contributed by atoms with Crippen LogP contribution in [0.25, 0.3) is 6.08 Å². The standard InChI is InChI=1S/C25H23F3N2O2/c1-4-17-9-12-21-22(15-17)30(16-19-7-10-20(32-3)11-8-19)23(31)29(2)24(21,25(26,27)28)14-13-18-5-6-18/h4,7-12,15,18H,1,5-6,16H2,2-3H3. The third-order valence-electron chi connectivity index (χ3n) is 5.90. The van der Waals surface area contributed by atoms with Crippen molar-refractivity contribution in [3.05, 3.63) is 65.7 Å². The van der Waals surface area contributed by atoms with Crippen molar-refractivity contribution in [1.82, 2.24) is 4.90 Å². The van der Waals surface area contributed by atoms with Crippen molar-refractivity contribution in [1.29, 1.82) is 0 Å².